The van der Waals surface area contributed by atoms with Gasteiger partial charge in [-0.15, -0.1) is 5.10 Å². The van der Waals surface area contributed by atoms with E-state index in [-0.39, 0.29) is 23.9 Å². The van der Waals surface area contributed by atoms with Crippen LogP contribution in [0, 0.1) is 0 Å². The van der Waals surface area contributed by atoms with Crippen molar-refractivity contribution in [1.29, 1.82) is 0 Å². The van der Waals surface area contributed by atoms with Crippen LogP contribution in [-0.4, -0.2) is 27.8 Å². The second-order valence-corrected chi connectivity index (χ2v) is 8.07. The van der Waals surface area contributed by atoms with Crippen LogP contribution in [0.2, 0.25) is 0 Å². The highest BCUT2D eigenvalue weighted by molar-refractivity contribution is 6.00. The van der Waals surface area contributed by atoms with Gasteiger partial charge in [0.05, 0.1) is 19.2 Å². The Morgan fingerprint density at radius 3 is 2.41 bits per heavy atom. The van der Waals surface area contributed by atoms with Crippen molar-refractivity contribution >= 4 is 23.9 Å². The van der Waals surface area contributed by atoms with Crippen molar-refractivity contribution in [3.63, 3.8) is 0 Å². The summed E-state index contributed by atoms with van der Waals surface area (Å²) in [5, 5.41) is 10.9. The molecule has 2 unspecified atom stereocenters. The second-order valence-electron chi connectivity index (χ2n) is 8.07. The zero-order chi connectivity index (χ0) is 23.3. The molecule has 1 aromatic heterocycles. The maximum atomic E-state index is 12.5. The molecule has 5 rings (SSSR count). The minimum atomic E-state index is -0.283. The molecule has 0 spiro atoms. The van der Waals surface area contributed by atoms with Gasteiger partial charge in [-0.3, -0.25) is 10.1 Å². The Kier molecular flexibility index (Phi) is 6.07. The summed E-state index contributed by atoms with van der Waals surface area (Å²) in [7, 11) is 1.66. The predicted molar refractivity (Wildman–Crippen MR) is 133 cm³/mol. The zero-order valence-electron chi connectivity index (χ0n) is 18.8. The number of nitrogens with one attached hydrogen (secondary N) is 2. The van der Waals surface area contributed by atoms with Gasteiger partial charge in [0.15, 0.2) is 0 Å². The Morgan fingerprint density at radius 1 is 1.00 bits per heavy atom. The summed E-state index contributed by atoms with van der Waals surface area (Å²) >= 11 is 0. The van der Waals surface area contributed by atoms with Gasteiger partial charge in [-0.05, 0) is 41.3 Å². The Labute approximate surface area is 198 Å². The molecule has 4 aromatic rings. The number of amides is 1. The third-order valence-electron chi connectivity index (χ3n) is 5.85. The van der Waals surface area contributed by atoms with Crippen LogP contribution >= 0.6 is 0 Å². The van der Waals surface area contributed by atoms with Gasteiger partial charge in [-0.1, -0.05) is 72.8 Å². The van der Waals surface area contributed by atoms with Crippen molar-refractivity contribution in [2.24, 2.45) is 0 Å². The first kappa shape index (κ1) is 21.5. The fraction of sp³-hybridized carbons (Fsp3) is 0.148. The van der Waals surface area contributed by atoms with E-state index in [1.165, 1.54) is 6.08 Å². The molecule has 1 aliphatic heterocycles. The van der Waals surface area contributed by atoms with E-state index >= 15 is 0 Å². The van der Waals surface area contributed by atoms with Crippen LogP contribution in [0.1, 0.15) is 35.2 Å². The highest BCUT2D eigenvalue weighted by Gasteiger charge is 2.31. The molecule has 0 bridgehead atoms. The van der Waals surface area contributed by atoms with Crippen molar-refractivity contribution in [2.75, 3.05) is 17.7 Å². The van der Waals surface area contributed by atoms with Crippen LogP contribution < -0.4 is 15.4 Å². The monoisotopic (exact) mass is 451 g/mol. The number of fused-ring (bicyclic) bond motifs is 1. The number of carbonyl (C=O) groups excluding carboxylic acids is 1. The van der Waals surface area contributed by atoms with Gasteiger partial charge in [0.2, 0.25) is 5.95 Å². The topological polar surface area (TPSA) is 81.1 Å². The van der Waals surface area contributed by atoms with Gasteiger partial charge in [0.1, 0.15) is 5.75 Å². The molecule has 170 valence electrons. The molecule has 7 nitrogen and oxygen atoms in total. The highest BCUT2D eigenvalue weighted by atomic mass is 16.5. The molecular weight excluding hydrogens is 426 g/mol. The van der Waals surface area contributed by atoms with Crippen LogP contribution in [0.15, 0.2) is 91.0 Å². The molecule has 3 aromatic carbocycles. The molecule has 2 heterocycles. The molecule has 34 heavy (non-hydrogen) atoms. The average molecular weight is 452 g/mol. The van der Waals surface area contributed by atoms with Gasteiger partial charge in [0.25, 0.3) is 11.9 Å². The van der Waals surface area contributed by atoms with Crippen LogP contribution in [0.25, 0.3) is 6.08 Å². The third-order valence-corrected chi connectivity index (χ3v) is 5.85. The molecule has 0 aliphatic carbocycles. The molecule has 0 fully saturated rings. The first-order chi connectivity index (χ1) is 16.7. The zero-order valence-corrected chi connectivity index (χ0v) is 18.8. The molecule has 0 saturated heterocycles. The Hall–Kier alpha value is -4.39. The SMILES string of the molecule is COc1ccc(C2CC(c3ccccc3)n3nc(NC(=O)C=Cc4ccccc4)nc3N2)cc1. The van der Waals surface area contributed by atoms with Gasteiger partial charge in [-0.2, -0.15) is 4.98 Å². The molecular formula is C27H25N5O2. The highest BCUT2D eigenvalue weighted by Crippen LogP contribution is 2.38. The molecule has 7 heteroatoms. The van der Waals surface area contributed by atoms with Gasteiger partial charge in [-0.25, -0.2) is 4.68 Å². The lowest BCUT2D eigenvalue weighted by atomic mass is 9.93. The predicted octanol–water partition coefficient (Wildman–Crippen LogP) is 5.08. The molecule has 2 atom stereocenters. The number of nitrogens with zero attached hydrogens (tertiary/aromatic N) is 3. The lowest BCUT2D eigenvalue weighted by molar-refractivity contribution is -0.111. The molecule has 1 aliphatic rings. The van der Waals surface area contributed by atoms with Crippen molar-refractivity contribution in [2.45, 2.75) is 18.5 Å². The fourth-order valence-corrected chi connectivity index (χ4v) is 4.13. The van der Waals surface area contributed by atoms with E-state index in [0.717, 1.165) is 28.9 Å². The Morgan fingerprint density at radius 2 is 1.71 bits per heavy atom. The van der Waals surface area contributed by atoms with Crippen LogP contribution in [0.4, 0.5) is 11.9 Å². The number of hydrogen-bond acceptors (Lipinski definition) is 5. The summed E-state index contributed by atoms with van der Waals surface area (Å²) in [6, 6.07) is 27.9. The number of carbonyl (C=O) groups is 1. The molecule has 0 radical (unpaired) electrons. The number of aromatic nitrogens is 3. The fourth-order valence-electron chi connectivity index (χ4n) is 4.13. The second kappa shape index (κ2) is 9.62. The molecule has 2 N–H and O–H groups in total. The number of rotatable bonds is 6. The minimum Gasteiger partial charge on any atom is -0.497 e. The lowest BCUT2D eigenvalue weighted by Crippen LogP contribution is -2.28. The lowest BCUT2D eigenvalue weighted by Gasteiger charge is -2.31. The van der Waals surface area contributed by atoms with E-state index in [9.17, 15) is 4.79 Å². The molecule has 1 amide bonds. The number of methoxy groups -OCH3 is 1. The Balaban J connectivity index is 1.40. The van der Waals surface area contributed by atoms with Gasteiger partial charge in [0, 0.05) is 6.08 Å². The first-order valence-corrected chi connectivity index (χ1v) is 11.2. The van der Waals surface area contributed by atoms with Gasteiger partial charge < -0.3 is 10.1 Å². The largest absolute Gasteiger partial charge is 0.497 e. The standard InChI is InChI=1S/C27H25N5O2/c1-34-22-15-13-20(14-16-22)23-18-24(21-10-6-3-7-11-21)32-27(28-23)30-26(31-32)29-25(33)17-12-19-8-4-2-5-9-19/h2-17,23-24H,18H2,1H3,(H2,28,29,30,31,33). The van der Waals surface area contributed by atoms with Crippen molar-refractivity contribution in [3.05, 3.63) is 108 Å². The summed E-state index contributed by atoms with van der Waals surface area (Å²) in [6.07, 6.45) is 4.03. The maximum absolute atomic E-state index is 12.5. The summed E-state index contributed by atoms with van der Waals surface area (Å²) in [4.78, 5) is 17.1. The van der Waals surface area contributed by atoms with Crippen LogP contribution in [0.5, 0.6) is 5.75 Å². The van der Waals surface area contributed by atoms with E-state index in [1.54, 1.807) is 13.2 Å². The molecule has 0 saturated carbocycles. The van der Waals surface area contributed by atoms with Crippen molar-refractivity contribution < 1.29 is 9.53 Å². The smallest absolute Gasteiger partial charge is 0.250 e. The van der Waals surface area contributed by atoms with E-state index in [4.69, 9.17) is 4.74 Å². The third kappa shape index (κ3) is 4.68. The van der Waals surface area contributed by atoms with Crippen LogP contribution in [-0.2, 0) is 4.79 Å². The van der Waals surface area contributed by atoms with Crippen molar-refractivity contribution in [1.82, 2.24) is 14.8 Å². The number of anilines is 2. The average Bonchev–Trinajstić information content (AvgIpc) is 3.30. The van der Waals surface area contributed by atoms with Crippen LogP contribution in [0.3, 0.4) is 0 Å². The van der Waals surface area contributed by atoms with E-state index < -0.39 is 0 Å². The summed E-state index contributed by atoms with van der Waals surface area (Å²) in [5.41, 5.74) is 3.21. The number of hydrogen-bond donors (Lipinski definition) is 2. The Bertz CT molecular complexity index is 1280. The van der Waals surface area contributed by atoms with Crippen molar-refractivity contribution in [3.8, 4) is 5.75 Å². The maximum Gasteiger partial charge on any atom is 0.250 e. The first-order valence-electron chi connectivity index (χ1n) is 11.2. The quantitative estimate of drug-likeness (QED) is 0.399. The number of ether oxygens (including phenoxy) is 1. The normalized spacial score (nSPS) is 17.1. The van der Waals surface area contributed by atoms with Gasteiger partial charge >= 0.3 is 0 Å². The van der Waals surface area contributed by atoms with E-state index in [0.29, 0.717) is 5.95 Å². The summed E-state index contributed by atoms with van der Waals surface area (Å²) < 4.78 is 7.15. The van der Waals surface area contributed by atoms with E-state index in [1.807, 2.05) is 65.3 Å². The number of benzene rings is 3. The summed E-state index contributed by atoms with van der Waals surface area (Å²) in [5.74, 6) is 1.41. The van der Waals surface area contributed by atoms with E-state index in [2.05, 4.69) is 45.0 Å². The summed E-state index contributed by atoms with van der Waals surface area (Å²) in [6.45, 7) is 0. The minimum absolute atomic E-state index is 0.0254.